The summed E-state index contributed by atoms with van der Waals surface area (Å²) in [7, 11) is 0. The fraction of sp³-hybridized carbons (Fsp3) is 0.625. The van der Waals surface area contributed by atoms with E-state index >= 15 is 0 Å². The van der Waals surface area contributed by atoms with E-state index in [1.807, 2.05) is 20.8 Å². The Labute approximate surface area is 67.8 Å². The van der Waals surface area contributed by atoms with Crippen molar-refractivity contribution in [3.8, 4) is 0 Å². The van der Waals surface area contributed by atoms with Crippen molar-refractivity contribution in [3.63, 3.8) is 0 Å². The Balaban J connectivity index is 4.38. The molecule has 64 valence electrons. The molecule has 11 heavy (non-hydrogen) atoms. The van der Waals surface area contributed by atoms with Gasteiger partial charge >= 0.3 is 0 Å². The van der Waals surface area contributed by atoms with E-state index in [-0.39, 0.29) is 5.91 Å². The van der Waals surface area contributed by atoms with E-state index in [4.69, 9.17) is 5.84 Å². The average Bonchev–Trinajstić information content (AvgIpc) is 2.00. The summed E-state index contributed by atoms with van der Waals surface area (Å²) >= 11 is 0. The lowest BCUT2D eigenvalue weighted by Gasteiger charge is -2.14. The Bertz CT molecular complexity index is 181. The number of carbonyl (C=O) groups is 1. The summed E-state index contributed by atoms with van der Waals surface area (Å²) in [6.07, 6.45) is 0. The van der Waals surface area contributed by atoms with Gasteiger partial charge < -0.3 is 0 Å². The molecule has 0 bridgehead atoms. The molecule has 1 amide bonds. The summed E-state index contributed by atoms with van der Waals surface area (Å²) in [6.45, 7) is 7.97. The minimum atomic E-state index is -0.0903. The molecular formula is C8H16N2O. The van der Waals surface area contributed by atoms with Crippen molar-refractivity contribution < 1.29 is 4.79 Å². The van der Waals surface area contributed by atoms with Crippen molar-refractivity contribution in [2.75, 3.05) is 6.54 Å². The fourth-order valence-electron chi connectivity index (χ4n) is 0.573. The van der Waals surface area contributed by atoms with Gasteiger partial charge in [-0.2, -0.15) is 0 Å². The summed E-state index contributed by atoms with van der Waals surface area (Å²) in [6, 6.07) is 0. The van der Waals surface area contributed by atoms with Gasteiger partial charge in [-0.1, -0.05) is 5.57 Å². The van der Waals surface area contributed by atoms with Crippen LogP contribution in [0.25, 0.3) is 0 Å². The van der Waals surface area contributed by atoms with Gasteiger partial charge in [0.15, 0.2) is 0 Å². The SMILES string of the molecule is CCN(N)C(=O)C(C)=C(C)C. The van der Waals surface area contributed by atoms with Crippen LogP contribution in [0.2, 0.25) is 0 Å². The summed E-state index contributed by atoms with van der Waals surface area (Å²) in [5, 5.41) is 1.21. The van der Waals surface area contributed by atoms with Crippen LogP contribution < -0.4 is 5.84 Å². The van der Waals surface area contributed by atoms with Gasteiger partial charge in [0.1, 0.15) is 0 Å². The van der Waals surface area contributed by atoms with Crippen LogP contribution >= 0.6 is 0 Å². The lowest BCUT2D eigenvalue weighted by Crippen LogP contribution is -2.37. The molecule has 0 aromatic heterocycles. The number of carbonyl (C=O) groups excluding carboxylic acids is 1. The molecule has 3 nitrogen and oxygen atoms in total. The molecule has 3 heteroatoms. The van der Waals surface area contributed by atoms with Crippen molar-refractivity contribution in [2.24, 2.45) is 5.84 Å². The van der Waals surface area contributed by atoms with Crippen LogP contribution in [0, 0.1) is 0 Å². The standard InChI is InChI=1S/C8H16N2O/c1-5-10(9)8(11)7(4)6(2)3/h5,9H2,1-4H3. The number of hydrazine groups is 1. The Morgan fingerprint density at radius 2 is 1.82 bits per heavy atom. The highest BCUT2D eigenvalue weighted by Crippen LogP contribution is 2.03. The zero-order chi connectivity index (χ0) is 9.02. The van der Waals surface area contributed by atoms with Gasteiger partial charge in [0, 0.05) is 12.1 Å². The fourth-order valence-corrected chi connectivity index (χ4v) is 0.573. The molecule has 0 saturated heterocycles. The summed E-state index contributed by atoms with van der Waals surface area (Å²) in [4.78, 5) is 11.3. The second-order valence-corrected chi connectivity index (χ2v) is 2.72. The smallest absolute Gasteiger partial charge is 0.263 e. The Morgan fingerprint density at radius 3 is 2.09 bits per heavy atom. The molecule has 0 atom stereocenters. The third kappa shape index (κ3) is 2.72. The van der Waals surface area contributed by atoms with Crippen LogP contribution in [0.3, 0.4) is 0 Å². The van der Waals surface area contributed by atoms with E-state index in [0.29, 0.717) is 6.54 Å². The Morgan fingerprint density at radius 1 is 1.36 bits per heavy atom. The van der Waals surface area contributed by atoms with Crippen molar-refractivity contribution in [1.29, 1.82) is 0 Å². The second kappa shape index (κ2) is 4.13. The molecule has 0 unspecified atom stereocenters. The summed E-state index contributed by atoms with van der Waals surface area (Å²) < 4.78 is 0. The van der Waals surface area contributed by atoms with Crippen molar-refractivity contribution in [3.05, 3.63) is 11.1 Å². The number of likely N-dealkylation sites (N-methyl/N-ethyl adjacent to an activating group) is 1. The van der Waals surface area contributed by atoms with E-state index in [1.54, 1.807) is 6.92 Å². The third-order valence-corrected chi connectivity index (χ3v) is 1.67. The number of hydrogen-bond donors (Lipinski definition) is 1. The highest BCUT2D eigenvalue weighted by Gasteiger charge is 2.09. The zero-order valence-electron chi connectivity index (χ0n) is 7.64. The van der Waals surface area contributed by atoms with Crippen molar-refractivity contribution in [1.82, 2.24) is 5.01 Å². The second-order valence-electron chi connectivity index (χ2n) is 2.72. The molecule has 0 aromatic carbocycles. The minimum absolute atomic E-state index is 0.0903. The molecule has 0 heterocycles. The summed E-state index contributed by atoms with van der Waals surface area (Å²) in [5.41, 5.74) is 1.74. The first-order valence-corrected chi connectivity index (χ1v) is 3.71. The lowest BCUT2D eigenvalue weighted by atomic mass is 10.1. The number of allylic oxidation sites excluding steroid dienone is 1. The number of hydrogen-bond acceptors (Lipinski definition) is 2. The Hall–Kier alpha value is -0.830. The average molecular weight is 156 g/mol. The predicted molar refractivity (Wildman–Crippen MR) is 45.6 cm³/mol. The van der Waals surface area contributed by atoms with Gasteiger partial charge in [-0.3, -0.25) is 9.80 Å². The highest BCUT2D eigenvalue weighted by molar-refractivity contribution is 5.92. The number of nitrogens with two attached hydrogens (primary N) is 1. The molecule has 0 aromatic rings. The predicted octanol–water partition coefficient (Wildman–Crippen LogP) is 1.06. The van der Waals surface area contributed by atoms with Crippen LogP contribution in [-0.2, 0) is 4.79 Å². The summed E-state index contributed by atoms with van der Waals surface area (Å²) in [5.74, 6) is 5.31. The van der Waals surface area contributed by atoms with Crippen LogP contribution in [0.4, 0.5) is 0 Å². The normalized spacial score (nSPS) is 9.18. The molecule has 0 spiro atoms. The third-order valence-electron chi connectivity index (χ3n) is 1.67. The maximum absolute atomic E-state index is 11.3. The number of nitrogens with zero attached hydrogens (tertiary/aromatic N) is 1. The van der Waals surface area contributed by atoms with Gasteiger partial charge in [-0.05, 0) is 27.7 Å². The molecule has 0 rings (SSSR count). The van der Waals surface area contributed by atoms with Crippen LogP contribution in [0.5, 0.6) is 0 Å². The van der Waals surface area contributed by atoms with Gasteiger partial charge in [0.2, 0.25) is 0 Å². The number of amides is 1. The van der Waals surface area contributed by atoms with E-state index < -0.39 is 0 Å². The maximum Gasteiger partial charge on any atom is 0.263 e. The van der Waals surface area contributed by atoms with Gasteiger partial charge in [0.05, 0.1) is 0 Å². The largest absolute Gasteiger partial charge is 0.277 e. The van der Waals surface area contributed by atoms with E-state index in [9.17, 15) is 4.79 Å². The molecule has 0 fully saturated rings. The molecule has 0 aliphatic rings. The van der Waals surface area contributed by atoms with Crippen molar-refractivity contribution >= 4 is 5.91 Å². The molecule has 2 N–H and O–H groups in total. The zero-order valence-corrected chi connectivity index (χ0v) is 7.64. The van der Waals surface area contributed by atoms with E-state index in [1.165, 1.54) is 5.01 Å². The minimum Gasteiger partial charge on any atom is -0.277 e. The first-order valence-electron chi connectivity index (χ1n) is 3.71. The van der Waals surface area contributed by atoms with Gasteiger partial charge in [-0.25, -0.2) is 5.84 Å². The van der Waals surface area contributed by atoms with Crippen LogP contribution in [-0.4, -0.2) is 17.5 Å². The highest BCUT2D eigenvalue weighted by atomic mass is 16.2. The molecule has 0 radical (unpaired) electrons. The molecular weight excluding hydrogens is 140 g/mol. The maximum atomic E-state index is 11.3. The van der Waals surface area contributed by atoms with Gasteiger partial charge in [-0.15, -0.1) is 0 Å². The monoisotopic (exact) mass is 156 g/mol. The van der Waals surface area contributed by atoms with E-state index in [2.05, 4.69) is 0 Å². The molecule has 0 aliphatic heterocycles. The Kier molecular flexibility index (Phi) is 3.82. The van der Waals surface area contributed by atoms with Crippen LogP contribution in [0.15, 0.2) is 11.1 Å². The molecule has 0 saturated carbocycles. The van der Waals surface area contributed by atoms with E-state index in [0.717, 1.165) is 11.1 Å². The first-order chi connectivity index (χ1) is 5.00. The first kappa shape index (κ1) is 10.2. The molecule has 0 aliphatic carbocycles. The van der Waals surface area contributed by atoms with Gasteiger partial charge in [0.25, 0.3) is 5.91 Å². The van der Waals surface area contributed by atoms with Crippen LogP contribution in [0.1, 0.15) is 27.7 Å². The lowest BCUT2D eigenvalue weighted by molar-refractivity contribution is -0.127. The topological polar surface area (TPSA) is 46.3 Å². The van der Waals surface area contributed by atoms with Crippen molar-refractivity contribution in [2.45, 2.75) is 27.7 Å². The quantitative estimate of drug-likeness (QED) is 0.281. The number of rotatable bonds is 2.